The van der Waals surface area contributed by atoms with E-state index in [1.165, 1.54) is 5.56 Å². The van der Waals surface area contributed by atoms with Crippen molar-refractivity contribution in [2.75, 3.05) is 26.2 Å². The van der Waals surface area contributed by atoms with Gasteiger partial charge in [-0.15, -0.1) is 0 Å². The smallest absolute Gasteiger partial charge is 0.253 e. The summed E-state index contributed by atoms with van der Waals surface area (Å²) < 4.78 is 0. The number of hydrogen-bond acceptors (Lipinski definition) is 2. The molecule has 0 aliphatic carbocycles. The maximum Gasteiger partial charge on any atom is 0.253 e. The molecule has 21 heavy (non-hydrogen) atoms. The largest absolute Gasteiger partial charge is 0.339 e. The predicted molar refractivity (Wildman–Crippen MR) is 85.6 cm³/mol. The van der Waals surface area contributed by atoms with Crippen molar-refractivity contribution in [3.63, 3.8) is 0 Å². The van der Waals surface area contributed by atoms with Crippen molar-refractivity contribution in [1.29, 1.82) is 0 Å². The Kier molecular flexibility index (Phi) is 3.56. The van der Waals surface area contributed by atoms with Crippen LogP contribution < -0.4 is 5.32 Å². The van der Waals surface area contributed by atoms with Crippen LogP contribution in [0.1, 0.15) is 49.5 Å². The first-order valence-electron chi connectivity index (χ1n) is 8.00. The molecule has 0 radical (unpaired) electrons. The van der Waals surface area contributed by atoms with Crippen molar-refractivity contribution in [3.05, 3.63) is 35.4 Å². The number of piperidine rings is 1. The molecule has 114 valence electrons. The molecule has 1 amide bonds. The van der Waals surface area contributed by atoms with Crippen molar-refractivity contribution in [2.24, 2.45) is 5.41 Å². The maximum atomic E-state index is 12.6. The van der Waals surface area contributed by atoms with Crippen molar-refractivity contribution < 1.29 is 4.79 Å². The molecule has 0 unspecified atom stereocenters. The van der Waals surface area contributed by atoms with Crippen LogP contribution in [-0.4, -0.2) is 37.0 Å². The minimum atomic E-state index is 0.135. The Morgan fingerprint density at radius 2 is 1.67 bits per heavy atom. The van der Waals surface area contributed by atoms with Gasteiger partial charge in [0.25, 0.3) is 5.91 Å². The van der Waals surface area contributed by atoms with E-state index in [4.69, 9.17) is 0 Å². The minimum absolute atomic E-state index is 0.135. The van der Waals surface area contributed by atoms with Gasteiger partial charge in [0.1, 0.15) is 0 Å². The summed E-state index contributed by atoms with van der Waals surface area (Å²) in [5, 5.41) is 3.36. The van der Waals surface area contributed by atoms with Crippen LogP contribution in [-0.2, 0) is 5.41 Å². The Labute approximate surface area is 127 Å². The third-order valence-corrected chi connectivity index (χ3v) is 5.11. The Morgan fingerprint density at radius 3 is 2.10 bits per heavy atom. The first-order chi connectivity index (χ1) is 9.90. The van der Waals surface area contributed by atoms with E-state index in [1.54, 1.807) is 0 Å². The van der Waals surface area contributed by atoms with E-state index < -0.39 is 0 Å². The molecule has 0 saturated carbocycles. The second-order valence-electron chi connectivity index (χ2n) is 7.72. The SMILES string of the molecule is CC(C)(C)c1ccc(C(=O)N2CCC3(CC2)CNC3)cc1. The van der Waals surface area contributed by atoms with Crippen LogP contribution in [0.25, 0.3) is 0 Å². The molecular weight excluding hydrogens is 260 g/mol. The number of likely N-dealkylation sites (tertiary alicyclic amines) is 1. The molecule has 0 atom stereocenters. The molecule has 3 rings (SSSR count). The van der Waals surface area contributed by atoms with Crippen molar-refractivity contribution in [3.8, 4) is 0 Å². The lowest BCUT2D eigenvalue weighted by Crippen LogP contribution is -2.58. The lowest BCUT2D eigenvalue weighted by molar-refractivity contribution is 0.0414. The van der Waals surface area contributed by atoms with E-state index >= 15 is 0 Å². The van der Waals surface area contributed by atoms with Gasteiger partial charge in [-0.25, -0.2) is 0 Å². The molecule has 1 N–H and O–H groups in total. The van der Waals surface area contributed by atoms with Gasteiger partial charge in [-0.1, -0.05) is 32.9 Å². The number of nitrogens with zero attached hydrogens (tertiary/aromatic N) is 1. The molecule has 0 bridgehead atoms. The quantitative estimate of drug-likeness (QED) is 0.861. The molecule has 0 aromatic heterocycles. The van der Waals surface area contributed by atoms with E-state index in [0.717, 1.165) is 44.6 Å². The summed E-state index contributed by atoms with van der Waals surface area (Å²) in [6.07, 6.45) is 2.29. The van der Waals surface area contributed by atoms with Crippen LogP contribution in [0.15, 0.2) is 24.3 Å². The average Bonchev–Trinajstić information content (AvgIpc) is 2.44. The standard InChI is InChI=1S/C18H26N2O/c1-17(2,3)15-6-4-14(5-7-15)16(21)20-10-8-18(9-11-20)12-19-13-18/h4-7,19H,8-13H2,1-3H3. The van der Waals surface area contributed by atoms with E-state index in [0.29, 0.717) is 5.41 Å². The van der Waals surface area contributed by atoms with Crippen LogP contribution in [0.5, 0.6) is 0 Å². The zero-order valence-electron chi connectivity index (χ0n) is 13.4. The van der Waals surface area contributed by atoms with Crippen molar-refractivity contribution >= 4 is 5.91 Å². The summed E-state index contributed by atoms with van der Waals surface area (Å²) in [5.74, 6) is 0.192. The Bertz CT molecular complexity index is 513. The van der Waals surface area contributed by atoms with Gasteiger partial charge in [-0.05, 0) is 41.4 Å². The first-order valence-corrected chi connectivity index (χ1v) is 8.00. The van der Waals surface area contributed by atoms with Crippen LogP contribution in [0.4, 0.5) is 0 Å². The van der Waals surface area contributed by atoms with Gasteiger partial charge in [0.05, 0.1) is 0 Å². The monoisotopic (exact) mass is 286 g/mol. The van der Waals surface area contributed by atoms with Gasteiger partial charge in [0, 0.05) is 31.7 Å². The summed E-state index contributed by atoms with van der Waals surface area (Å²) in [7, 11) is 0. The number of benzene rings is 1. The Hall–Kier alpha value is -1.35. The van der Waals surface area contributed by atoms with Crippen molar-refractivity contribution in [1.82, 2.24) is 10.2 Å². The maximum absolute atomic E-state index is 12.6. The van der Waals surface area contributed by atoms with Crippen LogP contribution in [0.3, 0.4) is 0 Å². The normalized spacial score (nSPS) is 21.2. The first kappa shape index (κ1) is 14.6. The molecule has 2 fully saturated rings. The zero-order valence-corrected chi connectivity index (χ0v) is 13.4. The number of nitrogens with one attached hydrogen (secondary N) is 1. The lowest BCUT2D eigenvalue weighted by Gasteiger charge is -2.48. The van der Waals surface area contributed by atoms with E-state index in [9.17, 15) is 4.79 Å². The fourth-order valence-electron chi connectivity index (χ4n) is 3.31. The zero-order chi connectivity index (χ0) is 15.1. The van der Waals surface area contributed by atoms with E-state index in [2.05, 4.69) is 38.2 Å². The molecule has 1 aromatic carbocycles. The van der Waals surface area contributed by atoms with Gasteiger partial charge in [0.15, 0.2) is 0 Å². The van der Waals surface area contributed by atoms with Gasteiger partial charge in [0.2, 0.25) is 0 Å². The molecule has 1 aromatic rings. The van der Waals surface area contributed by atoms with Crippen LogP contribution in [0, 0.1) is 5.41 Å². The second kappa shape index (κ2) is 5.13. The number of amides is 1. The molecule has 2 aliphatic rings. The fraction of sp³-hybridized carbons (Fsp3) is 0.611. The molecular formula is C18H26N2O. The highest BCUT2D eigenvalue weighted by Gasteiger charge is 2.40. The number of carbonyl (C=O) groups excluding carboxylic acids is 1. The Morgan fingerprint density at radius 1 is 1.10 bits per heavy atom. The van der Waals surface area contributed by atoms with Crippen LogP contribution in [0.2, 0.25) is 0 Å². The average molecular weight is 286 g/mol. The van der Waals surface area contributed by atoms with Gasteiger partial charge < -0.3 is 10.2 Å². The predicted octanol–water partition coefficient (Wildman–Crippen LogP) is 2.81. The Balaban J connectivity index is 1.65. The topological polar surface area (TPSA) is 32.3 Å². The molecule has 2 heterocycles. The summed E-state index contributed by atoms with van der Waals surface area (Å²) in [6.45, 7) is 10.7. The van der Waals surface area contributed by atoms with Gasteiger partial charge >= 0.3 is 0 Å². The second-order valence-corrected chi connectivity index (χ2v) is 7.72. The third-order valence-electron chi connectivity index (χ3n) is 5.11. The lowest BCUT2D eigenvalue weighted by atomic mass is 9.73. The number of carbonyl (C=O) groups is 1. The summed E-state index contributed by atoms with van der Waals surface area (Å²) in [4.78, 5) is 14.6. The van der Waals surface area contributed by atoms with Crippen LogP contribution >= 0.6 is 0 Å². The van der Waals surface area contributed by atoms with Gasteiger partial charge in [-0.3, -0.25) is 4.79 Å². The highest BCUT2D eigenvalue weighted by Crippen LogP contribution is 2.35. The number of hydrogen-bond donors (Lipinski definition) is 1. The van der Waals surface area contributed by atoms with E-state index in [-0.39, 0.29) is 11.3 Å². The summed E-state index contributed by atoms with van der Waals surface area (Å²) >= 11 is 0. The molecule has 3 heteroatoms. The summed E-state index contributed by atoms with van der Waals surface area (Å²) in [6, 6.07) is 8.15. The minimum Gasteiger partial charge on any atom is -0.339 e. The van der Waals surface area contributed by atoms with Gasteiger partial charge in [-0.2, -0.15) is 0 Å². The molecule has 2 saturated heterocycles. The third kappa shape index (κ3) is 2.84. The highest BCUT2D eigenvalue weighted by molar-refractivity contribution is 5.94. The molecule has 1 spiro atoms. The number of rotatable bonds is 1. The molecule has 2 aliphatic heterocycles. The summed E-state index contributed by atoms with van der Waals surface area (Å²) in [5.41, 5.74) is 2.73. The molecule has 3 nitrogen and oxygen atoms in total. The van der Waals surface area contributed by atoms with E-state index in [1.807, 2.05) is 17.0 Å². The highest BCUT2D eigenvalue weighted by atomic mass is 16.2. The van der Waals surface area contributed by atoms with Crippen molar-refractivity contribution in [2.45, 2.75) is 39.0 Å². The fourth-order valence-corrected chi connectivity index (χ4v) is 3.31.